The fourth-order valence-corrected chi connectivity index (χ4v) is 8.25. The average molecular weight is 1070 g/mol. The molecule has 0 N–H and O–H groups in total. The molecule has 0 bridgehead atoms. The molecule has 9 aromatic carbocycles. The van der Waals surface area contributed by atoms with Crippen LogP contribution in [-0.4, -0.2) is 0 Å². The molecule has 0 heterocycles. The van der Waals surface area contributed by atoms with Crippen molar-refractivity contribution in [2.45, 2.75) is 0 Å². The van der Waals surface area contributed by atoms with Crippen molar-refractivity contribution in [2.24, 2.45) is 0 Å². The molecule has 0 saturated carbocycles. The maximum Gasteiger partial charge on any atom is 0.530 e. The maximum absolute atomic E-state index is 5.84. The molecule has 9 rings (SSSR count). The van der Waals surface area contributed by atoms with Gasteiger partial charge in [-0.25, -0.2) is 0 Å². The second-order valence-electron chi connectivity index (χ2n) is 13.3. The predicted molar refractivity (Wildman–Crippen MR) is 264 cm³/mol. The summed E-state index contributed by atoms with van der Waals surface area (Å²) in [5, 5.41) is 0. The molecule has 0 aromatic heterocycles. The summed E-state index contributed by atoms with van der Waals surface area (Å²) in [5.41, 5.74) is 0. The molecular weight excluding hydrogens is 1020 g/mol. The minimum atomic E-state index is -1.59. The van der Waals surface area contributed by atoms with Crippen LogP contribution < -0.4 is 53.1 Å². The van der Waals surface area contributed by atoms with Crippen LogP contribution in [0.5, 0.6) is 51.7 Å². The third-order valence-electron chi connectivity index (χ3n) is 8.31. The molecule has 14 heteroatoms. The van der Waals surface area contributed by atoms with Crippen LogP contribution in [0.4, 0.5) is 0 Å². The van der Waals surface area contributed by atoms with E-state index < -0.39 is 25.8 Å². The normalized spacial score (nSPS) is 9.93. The van der Waals surface area contributed by atoms with Gasteiger partial charge in [0.15, 0.2) is 0 Å². The van der Waals surface area contributed by atoms with Gasteiger partial charge in [-0.05, 0) is 109 Å². The Kier molecular flexibility index (Phi) is 23.6. The van der Waals surface area contributed by atoms with Crippen LogP contribution in [-0.2, 0) is 19.5 Å². The molecule has 0 unspecified atom stereocenters. The van der Waals surface area contributed by atoms with Crippen molar-refractivity contribution in [3.63, 3.8) is 0 Å². The van der Waals surface area contributed by atoms with Gasteiger partial charge in [-0.15, -0.1) is 0 Å². The van der Waals surface area contributed by atoms with Gasteiger partial charge in [-0.3, -0.25) is 0 Å². The van der Waals surface area contributed by atoms with E-state index in [1.807, 2.05) is 273 Å². The van der Waals surface area contributed by atoms with E-state index >= 15 is 0 Å². The molecule has 9 nitrogen and oxygen atoms in total. The van der Waals surface area contributed by atoms with Crippen molar-refractivity contribution in [3.8, 4) is 51.7 Å². The zero-order chi connectivity index (χ0) is 45.1. The molecule has 0 aliphatic heterocycles. The molecule has 0 aliphatic rings. The Balaban J connectivity index is 0.000000188. The fourth-order valence-electron chi connectivity index (χ4n) is 5.27. The molecule has 0 atom stereocenters. The first-order valence-corrected chi connectivity index (χ1v) is 24.0. The van der Waals surface area contributed by atoms with Crippen LogP contribution in [0.3, 0.4) is 0 Å². The van der Waals surface area contributed by atoms with Gasteiger partial charge in [0, 0.05) is 19.5 Å². The summed E-state index contributed by atoms with van der Waals surface area (Å²) in [5.74, 6) is 6.38. The SMILES string of the molecule is [Cl-].[Rh].c1ccc(OP(Oc2ccccc2)Oc2ccccc2)cc1.c1ccc(OP(Oc2ccccc2)Oc2ccccc2)cc1.c1ccc(OP(Oc2ccccc2)Oc2ccccc2)cc1. The van der Waals surface area contributed by atoms with E-state index in [4.69, 9.17) is 40.7 Å². The van der Waals surface area contributed by atoms with Crippen LogP contribution in [0.1, 0.15) is 0 Å². The van der Waals surface area contributed by atoms with Crippen molar-refractivity contribution >= 4 is 25.8 Å². The van der Waals surface area contributed by atoms with Crippen LogP contribution in [0.25, 0.3) is 0 Å². The fraction of sp³-hybridized carbons (Fsp3) is 0. The number of hydrogen-bond donors (Lipinski definition) is 0. The Morgan fingerprint density at radius 1 is 0.162 bits per heavy atom. The van der Waals surface area contributed by atoms with Crippen molar-refractivity contribution in [3.05, 3.63) is 273 Å². The quantitative estimate of drug-likeness (QED) is 0.0616. The van der Waals surface area contributed by atoms with Crippen LogP contribution in [0.2, 0.25) is 0 Å². The molecule has 347 valence electrons. The van der Waals surface area contributed by atoms with Gasteiger partial charge in [-0.2, -0.15) is 0 Å². The van der Waals surface area contributed by atoms with Gasteiger partial charge in [0.2, 0.25) is 0 Å². The first-order valence-electron chi connectivity index (χ1n) is 20.7. The topological polar surface area (TPSA) is 83.1 Å². The standard InChI is InChI=1S/3C18H15O3P.ClH.Rh/c3*1-4-10-16(11-5-1)19-22(20-17-12-6-2-7-13-17)21-18-14-8-3-9-15-18;;/h3*1-15H;1H;/p-1. The Morgan fingerprint density at radius 3 is 0.338 bits per heavy atom. The van der Waals surface area contributed by atoms with E-state index in [0.717, 1.165) is 0 Å². The molecule has 0 fully saturated rings. The second-order valence-corrected chi connectivity index (χ2v) is 16.3. The Hall–Kier alpha value is -6.62. The number of benzene rings is 9. The predicted octanol–water partition coefficient (Wildman–Crippen LogP) is 13.4. The molecule has 0 saturated heterocycles. The van der Waals surface area contributed by atoms with Gasteiger partial charge in [0.25, 0.3) is 0 Å². The first-order chi connectivity index (χ1) is 32.7. The summed E-state index contributed by atoms with van der Waals surface area (Å²) in [6.45, 7) is 0. The molecule has 0 amide bonds. The van der Waals surface area contributed by atoms with Crippen LogP contribution in [0.15, 0.2) is 273 Å². The van der Waals surface area contributed by atoms with E-state index in [9.17, 15) is 0 Å². The minimum absolute atomic E-state index is 0. The van der Waals surface area contributed by atoms with Crippen LogP contribution in [0, 0.1) is 0 Å². The number of para-hydroxylation sites is 9. The summed E-state index contributed by atoms with van der Waals surface area (Å²) in [4.78, 5) is 0. The smallest absolute Gasteiger partial charge is 0.530 e. The minimum Gasteiger partial charge on any atom is -1.00 e. The summed E-state index contributed by atoms with van der Waals surface area (Å²) in [6, 6.07) is 85.5. The van der Waals surface area contributed by atoms with Crippen molar-refractivity contribution in [1.82, 2.24) is 0 Å². The second kappa shape index (κ2) is 30.6. The van der Waals surface area contributed by atoms with E-state index in [1.165, 1.54) is 0 Å². The zero-order valence-corrected chi connectivity index (χ0v) is 41.3. The van der Waals surface area contributed by atoms with Crippen LogP contribution >= 0.6 is 25.8 Å². The third-order valence-corrected chi connectivity index (χ3v) is 11.5. The van der Waals surface area contributed by atoms with Crippen molar-refractivity contribution in [2.75, 3.05) is 0 Å². The molecule has 9 aromatic rings. The van der Waals surface area contributed by atoms with Gasteiger partial charge in [0.1, 0.15) is 51.7 Å². The first kappa shape index (κ1) is 52.4. The average Bonchev–Trinajstić information content (AvgIpc) is 3.37. The largest absolute Gasteiger partial charge is 1.00 e. The van der Waals surface area contributed by atoms with E-state index in [-0.39, 0.29) is 31.9 Å². The van der Waals surface area contributed by atoms with E-state index in [0.29, 0.717) is 51.7 Å². The summed E-state index contributed by atoms with van der Waals surface area (Å²) in [6.07, 6.45) is 0. The van der Waals surface area contributed by atoms with Crippen molar-refractivity contribution < 1.29 is 72.6 Å². The molecular formula is C54H45ClO9P3Rh-. The van der Waals surface area contributed by atoms with E-state index in [1.54, 1.807) is 0 Å². The summed E-state index contributed by atoms with van der Waals surface area (Å²) >= 11 is 0. The van der Waals surface area contributed by atoms with Gasteiger partial charge >= 0.3 is 25.8 Å². The molecule has 0 aliphatic carbocycles. The summed E-state index contributed by atoms with van der Waals surface area (Å²) in [7, 11) is -4.77. The number of rotatable bonds is 18. The Labute approximate surface area is 420 Å². The number of hydrogen-bond acceptors (Lipinski definition) is 9. The monoisotopic (exact) mass is 1070 g/mol. The third kappa shape index (κ3) is 19.7. The molecule has 1 radical (unpaired) electrons. The van der Waals surface area contributed by atoms with E-state index in [2.05, 4.69) is 0 Å². The summed E-state index contributed by atoms with van der Waals surface area (Å²) < 4.78 is 52.6. The Bertz CT molecular complexity index is 2040. The molecule has 0 spiro atoms. The van der Waals surface area contributed by atoms with Gasteiger partial charge in [0.05, 0.1) is 0 Å². The van der Waals surface area contributed by atoms with Gasteiger partial charge < -0.3 is 53.1 Å². The maximum atomic E-state index is 5.84. The Morgan fingerprint density at radius 2 is 0.250 bits per heavy atom. The number of halogens is 1. The zero-order valence-electron chi connectivity index (χ0n) is 36.2. The van der Waals surface area contributed by atoms with Crippen molar-refractivity contribution in [1.29, 1.82) is 0 Å². The van der Waals surface area contributed by atoms with Gasteiger partial charge in [-0.1, -0.05) is 164 Å². The molecule has 68 heavy (non-hydrogen) atoms.